The van der Waals surface area contributed by atoms with Gasteiger partial charge >= 0.3 is 0 Å². The van der Waals surface area contributed by atoms with Crippen molar-refractivity contribution in [1.82, 2.24) is 20.2 Å². The molecule has 0 aromatic carbocycles. The van der Waals surface area contributed by atoms with Crippen molar-refractivity contribution in [2.24, 2.45) is 5.10 Å². The summed E-state index contributed by atoms with van der Waals surface area (Å²) in [6.45, 7) is 3.42. The highest BCUT2D eigenvalue weighted by atomic mass is 16.1. The SMILES string of the molecule is CC(=NNc1nnc(C)c(=O)[nH]1)c1ccncc1. The number of anilines is 1. The summed E-state index contributed by atoms with van der Waals surface area (Å²) in [4.78, 5) is 17.7. The lowest BCUT2D eigenvalue weighted by atomic mass is 10.2. The highest BCUT2D eigenvalue weighted by Crippen LogP contribution is 2.00. The van der Waals surface area contributed by atoms with Crippen molar-refractivity contribution < 1.29 is 0 Å². The molecule has 0 unspecified atom stereocenters. The van der Waals surface area contributed by atoms with Gasteiger partial charge in [-0.1, -0.05) is 0 Å². The standard InChI is InChI=1S/C11H12N6O/c1-7(9-3-5-12-6-4-9)14-16-11-13-10(18)8(2)15-17-11/h3-6H,1-2H3,(H2,13,16,17,18). The molecule has 0 bridgehead atoms. The van der Waals surface area contributed by atoms with E-state index in [1.165, 1.54) is 0 Å². The summed E-state index contributed by atoms with van der Waals surface area (Å²) in [5.74, 6) is 0.207. The number of H-pyrrole nitrogens is 1. The molecule has 0 aliphatic rings. The third kappa shape index (κ3) is 2.76. The van der Waals surface area contributed by atoms with E-state index in [4.69, 9.17) is 0 Å². The highest BCUT2D eigenvalue weighted by molar-refractivity contribution is 5.98. The molecule has 0 atom stereocenters. The topological polar surface area (TPSA) is 95.9 Å². The van der Waals surface area contributed by atoms with Crippen LogP contribution < -0.4 is 11.0 Å². The monoisotopic (exact) mass is 244 g/mol. The molecule has 0 radical (unpaired) electrons. The predicted molar refractivity (Wildman–Crippen MR) is 67.5 cm³/mol. The molecule has 0 saturated heterocycles. The smallest absolute Gasteiger partial charge is 0.274 e. The van der Waals surface area contributed by atoms with Crippen molar-refractivity contribution in [3.8, 4) is 0 Å². The lowest BCUT2D eigenvalue weighted by molar-refractivity contribution is 0.897. The Bertz CT molecular complexity index is 619. The Morgan fingerprint density at radius 3 is 2.72 bits per heavy atom. The van der Waals surface area contributed by atoms with Gasteiger partial charge in [-0.3, -0.25) is 14.8 Å². The van der Waals surface area contributed by atoms with Crippen molar-refractivity contribution in [3.63, 3.8) is 0 Å². The van der Waals surface area contributed by atoms with Gasteiger partial charge in [0.15, 0.2) is 0 Å². The van der Waals surface area contributed by atoms with Gasteiger partial charge in [-0.05, 0) is 26.0 Å². The van der Waals surface area contributed by atoms with E-state index < -0.39 is 0 Å². The number of nitrogens with zero attached hydrogens (tertiary/aromatic N) is 4. The number of aryl methyl sites for hydroxylation is 1. The van der Waals surface area contributed by atoms with Crippen molar-refractivity contribution in [3.05, 3.63) is 46.1 Å². The number of rotatable bonds is 3. The van der Waals surface area contributed by atoms with Gasteiger partial charge in [0.25, 0.3) is 5.56 Å². The van der Waals surface area contributed by atoms with Crippen LogP contribution in [0.15, 0.2) is 34.4 Å². The fourth-order valence-electron chi connectivity index (χ4n) is 1.24. The number of nitrogens with one attached hydrogen (secondary N) is 2. The number of hydrogen-bond donors (Lipinski definition) is 2. The first-order valence-electron chi connectivity index (χ1n) is 5.31. The highest BCUT2D eigenvalue weighted by Gasteiger charge is 1.99. The largest absolute Gasteiger partial charge is 0.288 e. The van der Waals surface area contributed by atoms with Crippen LogP contribution in [-0.2, 0) is 0 Å². The molecule has 2 heterocycles. The Balaban J connectivity index is 2.15. The van der Waals surface area contributed by atoms with E-state index in [2.05, 4.69) is 30.7 Å². The van der Waals surface area contributed by atoms with Crippen LogP contribution in [0.3, 0.4) is 0 Å². The normalized spacial score (nSPS) is 11.3. The molecule has 2 aromatic rings. The van der Waals surface area contributed by atoms with Crippen molar-refractivity contribution in [2.45, 2.75) is 13.8 Å². The lowest BCUT2D eigenvalue weighted by Crippen LogP contribution is -2.16. The second-order valence-electron chi connectivity index (χ2n) is 3.63. The van der Waals surface area contributed by atoms with E-state index in [1.807, 2.05) is 19.1 Å². The minimum Gasteiger partial charge on any atom is -0.288 e. The molecule has 92 valence electrons. The first kappa shape index (κ1) is 11.9. The van der Waals surface area contributed by atoms with Gasteiger partial charge < -0.3 is 0 Å². The Morgan fingerprint density at radius 1 is 1.33 bits per heavy atom. The van der Waals surface area contributed by atoms with Crippen LogP contribution in [0, 0.1) is 6.92 Å². The maximum atomic E-state index is 11.3. The molecule has 2 N–H and O–H groups in total. The molecule has 2 rings (SSSR count). The van der Waals surface area contributed by atoms with E-state index >= 15 is 0 Å². The maximum Gasteiger partial charge on any atom is 0.274 e. The summed E-state index contributed by atoms with van der Waals surface area (Å²) in [6, 6.07) is 3.67. The zero-order valence-electron chi connectivity index (χ0n) is 10.0. The zero-order chi connectivity index (χ0) is 13.0. The Morgan fingerprint density at radius 2 is 2.06 bits per heavy atom. The van der Waals surface area contributed by atoms with Crippen LogP contribution in [0.5, 0.6) is 0 Å². The molecule has 7 nitrogen and oxygen atoms in total. The van der Waals surface area contributed by atoms with Crippen LogP contribution in [0.4, 0.5) is 5.95 Å². The Kier molecular flexibility index (Phi) is 3.42. The maximum absolute atomic E-state index is 11.3. The molecule has 7 heteroatoms. The summed E-state index contributed by atoms with van der Waals surface area (Å²) in [6.07, 6.45) is 3.36. The summed E-state index contributed by atoms with van der Waals surface area (Å²) in [5, 5.41) is 11.6. The fourth-order valence-corrected chi connectivity index (χ4v) is 1.24. The average molecular weight is 244 g/mol. The Labute approximate surface area is 103 Å². The number of pyridine rings is 1. The minimum absolute atomic E-state index is 0.207. The summed E-state index contributed by atoms with van der Waals surface area (Å²) >= 11 is 0. The minimum atomic E-state index is -0.288. The molecule has 2 aromatic heterocycles. The molecule has 0 spiro atoms. The van der Waals surface area contributed by atoms with Gasteiger partial charge in [0.2, 0.25) is 5.95 Å². The van der Waals surface area contributed by atoms with Gasteiger partial charge in [0, 0.05) is 18.0 Å². The van der Waals surface area contributed by atoms with Crippen molar-refractivity contribution >= 4 is 11.7 Å². The van der Waals surface area contributed by atoms with Crippen LogP contribution in [0.2, 0.25) is 0 Å². The molecule has 0 amide bonds. The van der Waals surface area contributed by atoms with Gasteiger partial charge in [-0.25, -0.2) is 5.43 Å². The quantitative estimate of drug-likeness (QED) is 0.612. The van der Waals surface area contributed by atoms with Crippen molar-refractivity contribution in [2.75, 3.05) is 5.43 Å². The van der Waals surface area contributed by atoms with Gasteiger partial charge in [0.1, 0.15) is 5.69 Å². The van der Waals surface area contributed by atoms with Gasteiger partial charge in [-0.2, -0.15) is 5.10 Å². The summed E-state index contributed by atoms with van der Waals surface area (Å²) in [7, 11) is 0. The second kappa shape index (κ2) is 5.17. The number of aromatic amines is 1. The molecule has 0 aliphatic heterocycles. The molecule has 0 aliphatic carbocycles. The first-order chi connectivity index (χ1) is 8.66. The zero-order valence-corrected chi connectivity index (χ0v) is 10.0. The van der Waals surface area contributed by atoms with Crippen molar-refractivity contribution in [1.29, 1.82) is 0 Å². The van der Waals surface area contributed by atoms with Crippen LogP contribution in [0.1, 0.15) is 18.2 Å². The van der Waals surface area contributed by atoms with E-state index in [9.17, 15) is 4.79 Å². The van der Waals surface area contributed by atoms with E-state index in [0.717, 1.165) is 11.3 Å². The molecular formula is C11H12N6O. The van der Waals surface area contributed by atoms with E-state index in [1.54, 1.807) is 19.3 Å². The average Bonchev–Trinajstić information content (AvgIpc) is 2.41. The van der Waals surface area contributed by atoms with E-state index in [0.29, 0.717) is 5.69 Å². The first-order valence-corrected chi connectivity index (χ1v) is 5.31. The van der Waals surface area contributed by atoms with E-state index in [-0.39, 0.29) is 11.5 Å². The molecular weight excluding hydrogens is 232 g/mol. The van der Waals surface area contributed by atoms with Gasteiger partial charge in [-0.15, -0.1) is 10.2 Å². The van der Waals surface area contributed by atoms with Crippen LogP contribution in [-0.4, -0.2) is 25.9 Å². The molecule has 0 saturated carbocycles. The summed E-state index contributed by atoms with van der Waals surface area (Å²) < 4.78 is 0. The second-order valence-corrected chi connectivity index (χ2v) is 3.63. The number of aromatic nitrogens is 4. The number of hydrogen-bond acceptors (Lipinski definition) is 6. The predicted octanol–water partition coefficient (Wildman–Crippen LogP) is 0.704. The lowest BCUT2D eigenvalue weighted by Gasteiger charge is -2.01. The van der Waals surface area contributed by atoms with Crippen LogP contribution >= 0.6 is 0 Å². The molecule has 18 heavy (non-hydrogen) atoms. The Hall–Kier alpha value is -2.57. The third-order valence-corrected chi connectivity index (χ3v) is 2.29. The number of hydrazone groups is 1. The van der Waals surface area contributed by atoms with Crippen LogP contribution in [0.25, 0.3) is 0 Å². The third-order valence-electron chi connectivity index (χ3n) is 2.29. The molecule has 0 fully saturated rings. The fraction of sp³-hybridized carbons (Fsp3) is 0.182. The summed E-state index contributed by atoms with van der Waals surface area (Å²) in [5.41, 5.74) is 4.36. The van der Waals surface area contributed by atoms with Gasteiger partial charge in [0.05, 0.1) is 5.71 Å².